The molecule has 0 aliphatic heterocycles. The minimum atomic E-state index is -0.944. The highest BCUT2D eigenvalue weighted by atomic mass is 35.5. The van der Waals surface area contributed by atoms with Crippen LogP contribution in [0.1, 0.15) is 17.3 Å². The van der Waals surface area contributed by atoms with Crippen LogP contribution < -0.4 is 5.32 Å². The molecule has 1 aromatic carbocycles. The van der Waals surface area contributed by atoms with Crippen molar-refractivity contribution in [3.05, 3.63) is 33.8 Å². The van der Waals surface area contributed by atoms with E-state index in [1.54, 1.807) is 19.1 Å². The lowest BCUT2D eigenvalue weighted by Crippen LogP contribution is -2.42. The quantitative estimate of drug-likeness (QED) is 0.879. The van der Waals surface area contributed by atoms with E-state index >= 15 is 0 Å². The Morgan fingerprint density at radius 3 is 2.78 bits per heavy atom. The largest absolute Gasteiger partial charge is 0.387 e. The van der Waals surface area contributed by atoms with Crippen molar-refractivity contribution < 1.29 is 9.90 Å². The van der Waals surface area contributed by atoms with Crippen molar-refractivity contribution in [1.82, 2.24) is 5.32 Å². The van der Waals surface area contributed by atoms with E-state index < -0.39 is 5.60 Å². The molecule has 0 saturated heterocycles. The van der Waals surface area contributed by atoms with Gasteiger partial charge in [-0.2, -0.15) is 11.8 Å². The summed E-state index contributed by atoms with van der Waals surface area (Å²) < 4.78 is 0. The van der Waals surface area contributed by atoms with Crippen LogP contribution >= 0.6 is 35.0 Å². The Morgan fingerprint density at radius 1 is 1.50 bits per heavy atom. The number of rotatable bonds is 5. The number of hydrogen-bond donors (Lipinski definition) is 2. The maximum Gasteiger partial charge on any atom is 0.252 e. The molecule has 1 aromatic rings. The third-order valence-corrected chi connectivity index (χ3v) is 3.73. The molecule has 0 aliphatic carbocycles. The van der Waals surface area contributed by atoms with Crippen molar-refractivity contribution in [2.45, 2.75) is 12.5 Å². The Kier molecular flexibility index (Phi) is 5.79. The van der Waals surface area contributed by atoms with Gasteiger partial charge in [0.05, 0.1) is 16.2 Å². The van der Waals surface area contributed by atoms with Gasteiger partial charge in [0, 0.05) is 17.3 Å². The maximum absolute atomic E-state index is 11.9. The summed E-state index contributed by atoms with van der Waals surface area (Å²) in [6.07, 6.45) is 1.89. The van der Waals surface area contributed by atoms with Crippen molar-refractivity contribution >= 4 is 40.9 Å². The molecule has 1 rings (SSSR count). The lowest BCUT2D eigenvalue weighted by atomic mass is 10.1. The first-order valence-electron chi connectivity index (χ1n) is 5.30. The number of nitrogens with one attached hydrogen (secondary N) is 1. The fourth-order valence-corrected chi connectivity index (χ4v) is 2.50. The number of carbonyl (C=O) groups excluding carboxylic acids is 1. The lowest BCUT2D eigenvalue weighted by Gasteiger charge is -2.22. The monoisotopic (exact) mass is 307 g/mol. The van der Waals surface area contributed by atoms with E-state index in [2.05, 4.69) is 5.32 Å². The second-order valence-corrected chi connectivity index (χ2v) is 5.95. The summed E-state index contributed by atoms with van der Waals surface area (Å²) in [7, 11) is 0. The van der Waals surface area contributed by atoms with Gasteiger partial charge in [-0.1, -0.05) is 23.2 Å². The van der Waals surface area contributed by atoms with Crippen molar-refractivity contribution in [1.29, 1.82) is 0 Å². The zero-order chi connectivity index (χ0) is 13.8. The summed E-state index contributed by atoms with van der Waals surface area (Å²) in [4.78, 5) is 11.9. The van der Waals surface area contributed by atoms with Gasteiger partial charge in [0.1, 0.15) is 0 Å². The van der Waals surface area contributed by atoms with E-state index in [1.807, 2.05) is 6.26 Å². The van der Waals surface area contributed by atoms with Crippen molar-refractivity contribution in [3.8, 4) is 0 Å². The molecule has 0 radical (unpaired) electrons. The topological polar surface area (TPSA) is 49.3 Å². The predicted octanol–water partition coefficient (Wildman–Crippen LogP) is 2.84. The lowest BCUT2D eigenvalue weighted by molar-refractivity contribution is 0.0725. The fraction of sp³-hybridized carbons (Fsp3) is 0.417. The average molecular weight is 308 g/mol. The van der Waals surface area contributed by atoms with Crippen LogP contribution in [-0.2, 0) is 0 Å². The first-order chi connectivity index (χ1) is 8.35. The zero-order valence-corrected chi connectivity index (χ0v) is 12.5. The molecule has 1 atom stereocenters. The first kappa shape index (κ1) is 15.6. The Balaban J connectivity index is 2.69. The van der Waals surface area contributed by atoms with E-state index in [9.17, 15) is 9.90 Å². The highest BCUT2D eigenvalue weighted by Gasteiger charge is 2.21. The summed E-state index contributed by atoms with van der Waals surface area (Å²) in [6, 6.07) is 4.69. The summed E-state index contributed by atoms with van der Waals surface area (Å²) in [5.74, 6) is 0.195. The highest BCUT2D eigenvalue weighted by molar-refractivity contribution is 7.98. The van der Waals surface area contributed by atoms with Crippen molar-refractivity contribution in [3.63, 3.8) is 0 Å². The van der Waals surface area contributed by atoms with Crippen LogP contribution in [0.2, 0.25) is 10.0 Å². The third-order valence-electron chi connectivity index (χ3n) is 2.26. The van der Waals surface area contributed by atoms with Gasteiger partial charge in [-0.3, -0.25) is 4.79 Å². The SMILES string of the molecule is CSCC(C)(O)CNC(=O)c1cc(Cl)ccc1Cl. The number of halogens is 2. The molecule has 1 amide bonds. The number of hydrogen-bond acceptors (Lipinski definition) is 3. The van der Waals surface area contributed by atoms with Crippen LogP contribution in [0.3, 0.4) is 0 Å². The summed E-state index contributed by atoms with van der Waals surface area (Å²) in [5, 5.41) is 13.4. The van der Waals surface area contributed by atoms with E-state index in [0.717, 1.165) is 0 Å². The maximum atomic E-state index is 11.9. The predicted molar refractivity (Wildman–Crippen MR) is 77.8 cm³/mol. The Hall–Kier alpha value is -0.420. The van der Waals surface area contributed by atoms with Crippen LogP contribution in [0.5, 0.6) is 0 Å². The van der Waals surface area contributed by atoms with Gasteiger partial charge >= 0.3 is 0 Å². The second kappa shape index (κ2) is 6.66. The number of aliphatic hydroxyl groups is 1. The van der Waals surface area contributed by atoms with Gasteiger partial charge in [-0.15, -0.1) is 0 Å². The molecule has 0 spiro atoms. The summed E-state index contributed by atoms with van der Waals surface area (Å²) >= 11 is 13.2. The fourth-order valence-electron chi connectivity index (χ4n) is 1.40. The molecule has 100 valence electrons. The van der Waals surface area contributed by atoms with Crippen molar-refractivity contribution in [2.24, 2.45) is 0 Å². The van der Waals surface area contributed by atoms with Gasteiger partial charge in [-0.05, 0) is 31.4 Å². The van der Waals surface area contributed by atoms with E-state index in [1.165, 1.54) is 17.8 Å². The second-order valence-electron chi connectivity index (χ2n) is 4.24. The molecule has 1 unspecified atom stereocenters. The Labute approximate surface area is 121 Å². The summed E-state index contributed by atoms with van der Waals surface area (Å²) in [6.45, 7) is 1.83. The molecule has 18 heavy (non-hydrogen) atoms. The first-order valence-corrected chi connectivity index (χ1v) is 7.45. The number of amides is 1. The molecule has 0 aromatic heterocycles. The summed E-state index contributed by atoms with van der Waals surface area (Å²) in [5.41, 5.74) is -0.635. The number of carbonyl (C=O) groups is 1. The molecule has 0 bridgehead atoms. The Bertz CT molecular complexity index is 438. The van der Waals surface area contributed by atoms with Gasteiger partial charge in [0.2, 0.25) is 0 Å². The highest BCUT2D eigenvalue weighted by Crippen LogP contribution is 2.20. The molecule has 3 nitrogen and oxygen atoms in total. The molecule has 0 heterocycles. The molecule has 6 heteroatoms. The molecular weight excluding hydrogens is 293 g/mol. The smallest absolute Gasteiger partial charge is 0.252 e. The van der Waals surface area contributed by atoms with Gasteiger partial charge in [0.25, 0.3) is 5.91 Å². The Morgan fingerprint density at radius 2 is 2.17 bits per heavy atom. The van der Waals surface area contributed by atoms with Crippen LogP contribution in [0.25, 0.3) is 0 Å². The zero-order valence-electron chi connectivity index (χ0n) is 10.2. The molecule has 2 N–H and O–H groups in total. The van der Waals surface area contributed by atoms with E-state index in [4.69, 9.17) is 23.2 Å². The molecule has 0 fully saturated rings. The van der Waals surface area contributed by atoms with Crippen LogP contribution in [0.4, 0.5) is 0 Å². The minimum absolute atomic E-state index is 0.162. The van der Waals surface area contributed by atoms with Gasteiger partial charge in [0.15, 0.2) is 0 Å². The minimum Gasteiger partial charge on any atom is -0.387 e. The van der Waals surface area contributed by atoms with Crippen molar-refractivity contribution in [2.75, 3.05) is 18.6 Å². The van der Waals surface area contributed by atoms with Crippen LogP contribution in [0, 0.1) is 0 Å². The molecule has 0 saturated carbocycles. The van der Waals surface area contributed by atoms with E-state index in [-0.39, 0.29) is 12.5 Å². The number of thioether (sulfide) groups is 1. The average Bonchev–Trinajstić information content (AvgIpc) is 2.29. The standard InChI is InChI=1S/C12H15Cl2NO2S/c1-12(17,7-18-2)6-15-11(16)9-5-8(13)3-4-10(9)14/h3-5,17H,6-7H2,1-2H3,(H,15,16). The molecular formula is C12H15Cl2NO2S. The van der Waals surface area contributed by atoms with Gasteiger partial charge in [-0.25, -0.2) is 0 Å². The third kappa shape index (κ3) is 4.69. The normalized spacial score (nSPS) is 14.1. The van der Waals surface area contributed by atoms with Crippen LogP contribution in [0.15, 0.2) is 18.2 Å². The van der Waals surface area contributed by atoms with E-state index in [0.29, 0.717) is 21.4 Å². The number of benzene rings is 1. The van der Waals surface area contributed by atoms with Gasteiger partial charge < -0.3 is 10.4 Å². The molecule has 0 aliphatic rings. The van der Waals surface area contributed by atoms with Crippen LogP contribution in [-0.4, -0.2) is 35.2 Å².